The largest absolute Gasteiger partial charge is 0.493 e. The minimum absolute atomic E-state index is 0.415. The van der Waals surface area contributed by atoms with E-state index in [1.807, 2.05) is 11.8 Å². The zero-order valence-corrected chi connectivity index (χ0v) is 13.3. The highest BCUT2D eigenvalue weighted by molar-refractivity contribution is 9.10. The summed E-state index contributed by atoms with van der Waals surface area (Å²) in [7, 11) is 0. The van der Waals surface area contributed by atoms with Crippen LogP contribution in [0.3, 0.4) is 0 Å². The molecule has 1 aromatic carbocycles. The zero-order chi connectivity index (χ0) is 13.0. The molecule has 0 saturated heterocycles. The highest BCUT2D eigenvalue weighted by Gasteiger charge is 2.21. The minimum Gasteiger partial charge on any atom is -0.493 e. The third kappa shape index (κ3) is 3.65. The number of benzene rings is 1. The summed E-state index contributed by atoms with van der Waals surface area (Å²) in [4.78, 5) is 0. The first kappa shape index (κ1) is 14.2. The van der Waals surface area contributed by atoms with Crippen molar-refractivity contribution in [2.45, 2.75) is 31.8 Å². The van der Waals surface area contributed by atoms with Crippen LogP contribution in [0.25, 0.3) is 0 Å². The molecule has 2 rings (SSSR count). The van der Waals surface area contributed by atoms with E-state index in [1.54, 1.807) is 0 Å². The molecule has 4 heteroatoms. The normalized spacial score (nSPS) is 20.7. The van der Waals surface area contributed by atoms with Gasteiger partial charge in [0.1, 0.15) is 5.75 Å². The predicted molar refractivity (Wildman–Crippen MR) is 82.6 cm³/mol. The Balaban J connectivity index is 2.16. The van der Waals surface area contributed by atoms with Gasteiger partial charge in [-0.15, -0.1) is 0 Å². The molecule has 0 saturated carbocycles. The summed E-state index contributed by atoms with van der Waals surface area (Å²) in [5, 5.41) is 3.72. The molecular formula is C14H20BrNOS. The smallest absolute Gasteiger partial charge is 0.125 e. The van der Waals surface area contributed by atoms with Crippen molar-refractivity contribution in [1.29, 1.82) is 0 Å². The van der Waals surface area contributed by atoms with Crippen molar-refractivity contribution in [3.05, 3.63) is 28.2 Å². The van der Waals surface area contributed by atoms with E-state index in [4.69, 9.17) is 4.74 Å². The summed E-state index contributed by atoms with van der Waals surface area (Å²) in [6.07, 6.45) is 4.41. The molecule has 100 valence electrons. The van der Waals surface area contributed by atoms with E-state index in [2.05, 4.69) is 52.6 Å². The number of halogens is 1. The van der Waals surface area contributed by atoms with Crippen molar-refractivity contribution in [1.82, 2.24) is 5.32 Å². The fourth-order valence-electron chi connectivity index (χ4n) is 2.36. The highest BCUT2D eigenvalue weighted by Crippen LogP contribution is 2.34. The van der Waals surface area contributed by atoms with Crippen molar-refractivity contribution in [2.75, 3.05) is 18.6 Å². The van der Waals surface area contributed by atoms with E-state index in [9.17, 15) is 0 Å². The molecule has 1 aliphatic heterocycles. The lowest BCUT2D eigenvalue weighted by Crippen LogP contribution is -2.32. The van der Waals surface area contributed by atoms with E-state index in [0.717, 1.165) is 35.4 Å². The molecule has 0 fully saturated rings. The van der Waals surface area contributed by atoms with Gasteiger partial charge in [0.25, 0.3) is 0 Å². The lowest BCUT2D eigenvalue weighted by atomic mass is 10.0. The Labute approximate surface area is 122 Å². The molecule has 0 bridgehead atoms. The number of nitrogens with one attached hydrogen (secondary N) is 1. The van der Waals surface area contributed by atoms with Gasteiger partial charge in [0, 0.05) is 27.9 Å². The minimum atomic E-state index is 0.415. The lowest BCUT2D eigenvalue weighted by molar-refractivity contribution is 0.314. The quantitative estimate of drug-likeness (QED) is 0.901. The number of thioether (sulfide) groups is 1. The van der Waals surface area contributed by atoms with Gasteiger partial charge >= 0.3 is 0 Å². The van der Waals surface area contributed by atoms with Gasteiger partial charge in [-0.3, -0.25) is 0 Å². The van der Waals surface area contributed by atoms with Gasteiger partial charge in [-0.05, 0) is 38.2 Å². The molecule has 2 unspecified atom stereocenters. The number of fused-ring (bicyclic) bond motifs is 1. The van der Waals surface area contributed by atoms with Crippen LogP contribution < -0.4 is 10.1 Å². The maximum atomic E-state index is 5.83. The third-order valence-corrected chi connectivity index (χ3v) is 4.47. The van der Waals surface area contributed by atoms with Crippen LogP contribution in [0.2, 0.25) is 0 Å². The Hall–Kier alpha value is -0.190. The summed E-state index contributed by atoms with van der Waals surface area (Å²) < 4.78 is 6.91. The summed E-state index contributed by atoms with van der Waals surface area (Å²) >= 11 is 5.39. The van der Waals surface area contributed by atoms with Crippen LogP contribution in [0.5, 0.6) is 5.75 Å². The highest BCUT2D eigenvalue weighted by atomic mass is 79.9. The van der Waals surface area contributed by atoms with E-state index < -0.39 is 0 Å². The monoisotopic (exact) mass is 329 g/mol. The average Bonchev–Trinajstić information content (AvgIpc) is 2.52. The first-order chi connectivity index (χ1) is 8.70. The Morgan fingerprint density at radius 2 is 2.39 bits per heavy atom. The second-order valence-corrected chi connectivity index (χ2v) is 6.57. The maximum absolute atomic E-state index is 5.83. The molecule has 18 heavy (non-hydrogen) atoms. The van der Waals surface area contributed by atoms with E-state index in [0.29, 0.717) is 12.1 Å². The molecule has 0 amide bonds. The molecule has 1 N–H and O–H groups in total. The van der Waals surface area contributed by atoms with Crippen LogP contribution in [0.1, 0.15) is 31.4 Å². The van der Waals surface area contributed by atoms with Gasteiger partial charge in [-0.25, -0.2) is 0 Å². The van der Waals surface area contributed by atoms with Crippen LogP contribution in [0.4, 0.5) is 0 Å². The summed E-state index contributed by atoms with van der Waals surface area (Å²) in [6, 6.07) is 7.29. The van der Waals surface area contributed by atoms with Crippen molar-refractivity contribution >= 4 is 27.7 Å². The second-order valence-electron chi connectivity index (χ2n) is 4.75. The van der Waals surface area contributed by atoms with Crippen molar-refractivity contribution in [3.63, 3.8) is 0 Å². The molecule has 1 aromatic rings. The zero-order valence-electron chi connectivity index (χ0n) is 10.9. The van der Waals surface area contributed by atoms with Gasteiger partial charge in [0.2, 0.25) is 0 Å². The fourth-order valence-corrected chi connectivity index (χ4v) is 3.30. The molecular weight excluding hydrogens is 310 g/mol. The lowest BCUT2D eigenvalue weighted by Gasteiger charge is -2.23. The van der Waals surface area contributed by atoms with Crippen LogP contribution in [-0.2, 0) is 0 Å². The number of ether oxygens (including phenoxy) is 1. The first-order valence-electron chi connectivity index (χ1n) is 6.38. The Kier molecular flexibility index (Phi) is 5.39. The summed E-state index contributed by atoms with van der Waals surface area (Å²) in [5.74, 6) is 2.17. The van der Waals surface area contributed by atoms with Crippen LogP contribution >= 0.6 is 27.7 Å². The Morgan fingerprint density at radius 1 is 1.56 bits per heavy atom. The van der Waals surface area contributed by atoms with E-state index >= 15 is 0 Å². The van der Waals surface area contributed by atoms with Crippen LogP contribution in [0.15, 0.2) is 22.7 Å². The summed E-state index contributed by atoms with van der Waals surface area (Å²) in [6.45, 7) is 3.07. The summed E-state index contributed by atoms with van der Waals surface area (Å²) in [5.41, 5.74) is 1.30. The molecule has 2 nitrogen and oxygen atoms in total. The van der Waals surface area contributed by atoms with E-state index in [1.165, 1.54) is 5.56 Å². The van der Waals surface area contributed by atoms with E-state index in [-0.39, 0.29) is 0 Å². The average molecular weight is 330 g/mol. The van der Waals surface area contributed by atoms with Crippen molar-refractivity contribution in [2.24, 2.45) is 0 Å². The topological polar surface area (TPSA) is 21.3 Å². The number of hydrogen-bond donors (Lipinski definition) is 1. The van der Waals surface area contributed by atoms with Gasteiger partial charge in [-0.1, -0.05) is 22.0 Å². The van der Waals surface area contributed by atoms with Gasteiger partial charge in [0.05, 0.1) is 6.61 Å². The van der Waals surface area contributed by atoms with Crippen molar-refractivity contribution < 1.29 is 4.74 Å². The fraction of sp³-hybridized carbons (Fsp3) is 0.571. The SMILES string of the molecule is CSCC(C)NC1CCCOc2cc(Br)ccc21. The second kappa shape index (κ2) is 6.83. The van der Waals surface area contributed by atoms with Gasteiger partial charge in [0.15, 0.2) is 0 Å². The molecule has 0 aromatic heterocycles. The Bertz CT molecular complexity index is 399. The van der Waals surface area contributed by atoms with Gasteiger partial charge in [-0.2, -0.15) is 11.8 Å². The van der Waals surface area contributed by atoms with Gasteiger partial charge < -0.3 is 10.1 Å². The maximum Gasteiger partial charge on any atom is 0.125 e. The van der Waals surface area contributed by atoms with Crippen molar-refractivity contribution in [3.8, 4) is 5.75 Å². The number of rotatable bonds is 4. The molecule has 0 aliphatic carbocycles. The molecule has 2 atom stereocenters. The Morgan fingerprint density at radius 3 is 3.17 bits per heavy atom. The molecule has 0 spiro atoms. The molecule has 1 aliphatic rings. The first-order valence-corrected chi connectivity index (χ1v) is 8.56. The standard InChI is InChI=1S/C14H20BrNOS/c1-10(9-18-2)16-13-4-3-7-17-14-8-11(15)5-6-12(13)14/h5-6,8,10,13,16H,3-4,7,9H2,1-2H3. The molecule has 1 heterocycles. The van der Waals surface area contributed by atoms with Crippen LogP contribution in [-0.4, -0.2) is 24.7 Å². The number of hydrogen-bond acceptors (Lipinski definition) is 3. The third-order valence-electron chi connectivity index (χ3n) is 3.15. The van der Waals surface area contributed by atoms with Crippen LogP contribution in [0, 0.1) is 0 Å². The predicted octanol–water partition coefficient (Wildman–Crippen LogP) is 4.00. The molecule has 0 radical (unpaired) electrons.